The summed E-state index contributed by atoms with van der Waals surface area (Å²) in [6.07, 6.45) is 0.709. The first-order valence-electron chi connectivity index (χ1n) is 11.7. The van der Waals surface area contributed by atoms with Gasteiger partial charge < -0.3 is 29.9 Å². The van der Waals surface area contributed by atoms with Gasteiger partial charge in [0.25, 0.3) is 0 Å². The van der Waals surface area contributed by atoms with Gasteiger partial charge in [0.05, 0.1) is 31.6 Å². The van der Waals surface area contributed by atoms with E-state index in [2.05, 4.69) is 4.98 Å². The molecule has 3 rings (SSSR count). The van der Waals surface area contributed by atoms with Crippen LogP contribution in [0, 0.1) is 5.82 Å². The van der Waals surface area contributed by atoms with Gasteiger partial charge in [-0.25, -0.2) is 4.39 Å². The van der Waals surface area contributed by atoms with Crippen LogP contribution < -0.4 is 4.74 Å². The quantitative estimate of drug-likeness (QED) is 0.361. The van der Waals surface area contributed by atoms with Crippen LogP contribution in [0.5, 0.6) is 5.75 Å². The van der Waals surface area contributed by atoms with Gasteiger partial charge in [-0.05, 0) is 43.1 Å². The second-order valence-electron chi connectivity index (χ2n) is 8.77. The zero-order valence-corrected chi connectivity index (χ0v) is 19.5. The van der Waals surface area contributed by atoms with Gasteiger partial charge in [0.1, 0.15) is 23.8 Å². The lowest BCUT2D eigenvalue weighted by Gasteiger charge is -2.23. The van der Waals surface area contributed by atoms with Gasteiger partial charge in [0.15, 0.2) is 0 Å². The predicted octanol–water partition coefficient (Wildman–Crippen LogP) is 1.73. The number of hydrogen-bond donors (Lipinski definition) is 4. The Morgan fingerprint density at radius 1 is 0.971 bits per heavy atom. The summed E-state index contributed by atoms with van der Waals surface area (Å²) in [7, 11) is 1.50. The lowest BCUT2D eigenvalue weighted by molar-refractivity contribution is -0.0894. The van der Waals surface area contributed by atoms with Crippen molar-refractivity contribution in [3.05, 3.63) is 47.9 Å². The number of aliphatic hydroxyl groups is 4. The van der Waals surface area contributed by atoms with Crippen molar-refractivity contribution < 1.29 is 34.3 Å². The molecule has 0 saturated carbocycles. The highest BCUT2D eigenvalue weighted by atomic mass is 19.1. The monoisotopic (exact) mass is 478 g/mol. The molecule has 2 aromatic rings. The highest BCUT2D eigenvalue weighted by Crippen LogP contribution is 2.24. The number of likely N-dealkylation sites (tertiary alicyclic amines) is 1. The van der Waals surface area contributed by atoms with E-state index in [1.807, 2.05) is 17.0 Å². The largest absolute Gasteiger partial charge is 0.497 e. The number of pyridine rings is 1. The zero-order valence-electron chi connectivity index (χ0n) is 19.5. The molecule has 1 aliphatic heterocycles. The van der Waals surface area contributed by atoms with Crippen LogP contribution in [0.15, 0.2) is 36.5 Å². The van der Waals surface area contributed by atoms with Crippen molar-refractivity contribution in [2.24, 2.45) is 0 Å². The second-order valence-corrected chi connectivity index (χ2v) is 8.77. The van der Waals surface area contributed by atoms with Gasteiger partial charge in [-0.2, -0.15) is 0 Å². The van der Waals surface area contributed by atoms with E-state index in [0.717, 1.165) is 31.2 Å². The van der Waals surface area contributed by atoms with Crippen LogP contribution in [0.4, 0.5) is 4.39 Å². The molecule has 0 bridgehead atoms. The third-order valence-electron chi connectivity index (χ3n) is 6.04. The zero-order chi connectivity index (χ0) is 24.5. The number of unbranched alkanes of at least 4 members (excludes halogenated alkanes) is 3. The number of β-amino-alcohol motifs (C(OH)–C–C–N with tert-alkyl or cyclic N) is 2. The van der Waals surface area contributed by atoms with E-state index >= 15 is 0 Å². The minimum absolute atomic E-state index is 0.234. The number of hydrogen-bond acceptors (Lipinski definition) is 8. The highest BCUT2D eigenvalue weighted by molar-refractivity contribution is 5.61. The fraction of sp³-hybridized carbons (Fsp3) is 0.560. The molecular weight excluding hydrogens is 443 g/mol. The number of benzene rings is 1. The molecule has 9 heteroatoms. The van der Waals surface area contributed by atoms with Crippen LogP contribution in [0.25, 0.3) is 11.3 Å². The van der Waals surface area contributed by atoms with Crippen LogP contribution in [-0.2, 0) is 11.3 Å². The molecule has 1 saturated heterocycles. The molecule has 1 aromatic carbocycles. The maximum Gasteiger partial charge on any atom is 0.127 e. The van der Waals surface area contributed by atoms with E-state index in [4.69, 9.17) is 9.47 Å². The van der Waals surface area contributed by atoms with Gasteiger partial charge in [-0.1, -0.05) is 18.9 Å². The van der Waals surface area contributed by atoms with Gasteiger partial charge in [0, 0.05) is 37.5 Å². The number of ether oxygens (including phenoxy) is 2. The van der Waals surface area contributed by atoms with Crippen LogP contribution in [0.1, 0.15) is 31.2 Å². The molecule has 1 aliphatic rings. The molecule has 0 radical (unpaired) electrons. The first-order valence-corrected chi connectivity index (χ1v) is 11.7. The minimum atomic E-state index is -1.33. The van der Waals surface area contributed by atoms with Gasteiger partial charge >= 0.3 is 0 Å². The second kappa shape index (κ2) is 13.1. The van der Waals surface area contributed by atoms with Crippen molar-refractivity contribution in [3.63, 3.8) is 0 Å². The van der Waals surface area contributed by atoms with Gasteiger partial charge in [0.2, 0.25) is 0 Å². The van der Waals surface area contributed by atoms with Crippen molar-refractivity contribution >= 4 is 0 Å². The summed E-state index contributed by atoms with van der Waals surface area (Å²) in [6, 6.07) is 8.24. The van der Waals surface area contributed by atoms with Crippen LogP contribution in [-0.4, -0.2) is 88.1 Å². The maximum absolute atomic E-state index is 13.7. The molecule has 4 N–H and O–H groups in total. The van der Waals surface area contributed by atoms with Crippen LogP contribution in [0.3, 0.4) is 0 Å². The number of nitrogens with zero attached hydrogens (tertiary/aromatic N) is 2. The Hall–Kier alpha value is -2.14. The summed E-state index contributed by atoms with van der Waals surface area (Å²) in [6.45, 7) is 2.23. The molecule has 0 unspecified atom stereocenters. The highest BCUT2D eigenvalue weighted by Gasteiger charge is 2.35. The molecule has 188 valence electrons. The lowest BCUT2D eigenvalue weighted by Crippen LogP contribution is -2.43. The van der Waals surface area contributed by atoms with E-state index < -0.39 is 24.4 Å². The molecule has 8 nitrogen and oxygen atoms in total. The summed E-state index contributed by atoms with van der Waals surface area (Å²) < 4.78 is 24.5. The number of methoxy groups -OCH3 is 1. The summed E-state index contributed by atoms with van der Waals surface area (Å²) in [5.74, 6) is 0.0752. The molecule has 1 aromatic heterocycles. The molecular formula is C25H35FN2O6. The maximum atomic E-state index is 13.7. The normalized spacial score (nSPS) is 23.6. The third-order valence-corrected chi connectivity index (χ3v) is 6.04. The molecule has 4 atom stereocenters. The topological polar surface area (TPSA) is 116 Å². The summed E-state index contributed by atoms with van der Waals surface area (Å²) in [5.41, 5.74) is 2.26. The van der Waals surface area contributed by atoms with Crippen molar-refractivity contribution in [2.45, 2.75) is 56.7 Å². The van der Waals surface area contributed by atoms with Crippen molar-refractivity contribution in [2.75, 3.05) is 33.4 Å². The number of halogens is 1. The molecule has 2 heterocycles. The Bertz CT molecular complexity index is 868. The standard InChI is InChI=1S/C25H35FN2O6/c1-33-20-11-18(10-19(26)12-20)21-7-6-17(13-27-21)16-34-9-5-3-2-4-8-28-14-22(29)24(31)25(32)23(30)15-28/h6-7,10-13,22-25,29-32H,2-5,8-9,14-16H2,1H3/t22-,23-,24+,25+/m0/s1. The Morgan fingerprint density at radius 3 is 2.32 bits per heavy atom. The summed E-state index contributed by atoms with van der Waals surface area (Å²) >= 11 is 0. The van der Waals surface area contributed by atoms with E-state index in [1.54, 1.807) is 12.3 Å². The smallest absolute Gasteiger partial charge is 0.127 e. The van der Waals surface area contributed by atoms with Gasteiger partial charge in [-0.15, -0.1) is 0 Å². The third kappa shape index (κ3) is 7.69. The number of aliphatic hydroxyl groups excluding tert-OH is 4. The Labute approximate surface area is 199 Å². The fourth-order valence-corrected chi connectivity index (χ4v) is 4.05. The molecule has 0 amide bonds. The Morgan fingerprint density at radius 2 is 1.68 bits per heavy atom. The number of rotatable bonds is 11. The van der Waals surface area contributed by atoms with E-state index in [-0.39, 0.29) is 18.9 Å². The molecule has 34 heavy (non-hydrogen) atoms. The Kier molecular flexibility index (Phi) is 10.2. The Balaban J connectivity index is 1.30. The average molecular weight is 479 g/mol. The predicted molar refractivity (Wildman–Crippen MR) is 125 cm³/mol. The van der Waals surface area contributed by atoms with E-state index in [9.17, 15) is 24.8 Å². The lowest BCUT2D eigenvalue weighted by atomic mass is 10.1. The van der Waals surface area contributed by atoms with E-state index in [1.165, 1.54) is 19.2 Å². The summed E-state index contributed by atoms with van der Waals surface area (Å²) in [5, 5.41) is 39.3. The number of aromatic nitrogens is 1. The molecule has 1 fully saturated rings. The van der Waals surface area contributed by atoms with Crippen molar-refractivity contribution in [1.82, 2.24) is 9.88 Å². The molecule has 0 spiro atoms. The minimum Gasteiger partial charge on any atom is -0.497 e. The average Bonchev–Trinajstić information content (AvgIpc) is 2.92. The van der Waals surface area contributed by atoms with Crippen LogP contribution >= 0.6 is 0 Å². The molecule has 0 aliphatic carbocycles. The first kappa shape index (κ1) is 26.5. The van der Waals surface area contributed by atoms with Crippen molar-refractivity contribution in [1.29, 1.82) is 0 Å². The van der Waals surface area contributed by atoms with E-state index in [0.29, 0.717) is 36.8 Å². The van der Waals surface area contributed by atoms with Crippen molar-refractivity contribution in [3.8, 4) is 17.0 Å². The van der Waals surface area contributed by atoms with Crippen LogP contribution in [0.2, 0.25) is 0 Å². The first-order chi connectivity index (χ1) is 16.4. The fourth-order valence-electron chi connectivity index (χ4n) is 4.05. The van der Waals surface area contributed by atoms with Gasteiger partial charge in [-0.3, -0.25) is 9.88 Å². The summed E-state index contributed by atoms with van der Waals surface area (Å²) in [4.78, 5) is 6.28. The SMILES string of the molecule is COc1cc(F)cc(-c2ccc(COCCCCCCN3C[C@H](O)[C@@H](O)[C@H](O)[C@@H](O)C3)cn2)c1.